The molecule has 0 radical (unpaired) electrons. The Bertz CT molecular complexity index is 1550. The summed E-state index contributed by atoms with van der Waals surface area (Å²) in [5.74, 6) is -6.89. The Labute approximate surface area is 346 Å². The van der Waals surface area contributed by atoms with Crippen molar-refractivity contribution in [2.24, 2.45) is 38.8 Å². The van der Waals surface area contributed by atoms with Gasteiger partial charge in [-0.15, -0.1) is 0 Å². The van der Waals surface area contributed by atoms with E-state index in [-0.39, 0.29) is 5.96 Å². The van der Waals surface area contributed by atoms with Gasteiger partial charge in [0.2, 0.25) is 29.2 Å². The number of carboxylic acids is 2. The fraction of sp³-hybridized carbons (Fsp3) is 0.694. The van der Waals surface area contributed by atoms with Gasteiger partial charge in [-0.1, -0.05) is 39.0 Å². The summed E-state index contributed by atoms with van der Waals surface area (Å²) >= 11 is 0. The Hall–Kier alpha value is -5.27. The maximum atomic E-state index is 12.6. The van der Waals surface area contributed by atoms with E-state index in [0.717, 1.165) is 38.2 Å². The summed E-state index contributed by atoms with van der Waals surface area (Å²) in [5.41, 5.74) is 22.0. The van der Waals surface area contributed by atoms with Gasteiger partial charge in [0.15, 0.2) is 18.0 Å². The van der Waals surface area contributed by atoms with Crippen LogP contribution in [0.5, 0.6) is 0 Å². The molecule has 24 nitrogen and oxygen atoms in total. The van der Waals surface area contributed by atoms with E-state index in [1.165, 1.54) is 13.0 Å². The lowest BCUT2D eigenvalue weighted by Gasteiger charge is -2.40. The second-order valence-electron chi connectivity index (χ2n) is 14.2. The zero-order chi connectivity index (χ0) is 44.9. The third-order valence-electron chi connectivity index (χ3n) is 9.43. The van der Waals surface area contributed by atoms with Crippen molar-refractivity contribution in [3.63, 3.8) is 0 Å². The fourth-order valence-corrected chi connectivity index (χ4v) is 6.50. The number of aliphatic hydroxyl groups excluding tert-OH is 4. The summed E-state index contributed by atoms with van der Waals surface area (Å²) in [4.78, 5) is 68.5. The predicted octanol–water partition coefficient (Wildman–Crippen LogP) is -4.41. The number of nitrogens with one attached hydrogen (secondary N) is 3. The van der Waals surface area contributed by atoms with Gasteiger partial charge in [-0.3, -0.25) is 14.4 Å². The van der Waals surface area contributed by atoms with Crippen molar-refractivity contribution in [1.29, 1.82) is 0 Å². The Balaban J connectivity index is 1.73. The van der Waals surface area contributed by atoms with E-state index in [0.29, 0.717) is 25.9 Å². The summed E-state index contributed by atoms with van der Waals surface area (Å²) in [7, 11) is 0. The maximum Gasteiger partial charge on any atom is 0.370 e. The highest BCUT2D eigenvalue weighted by atomic mass is 16.6. The lowest BCUT2D eigenvalue weighted by Crippen LogP contribution is -2.60. The normalized spacial score (nSPS) is 23.1. The van der Waals surface area contributed by atoms with Crippen molar-refractivity contribution < 1.29 is 73.6 Å². The molecule has 0 aliphatic carbocycles. The zero-order valence-electron chi connectivity index (χ0n) is 33.7. The summed E-state index contributed by atoms with van der Waals surface area (Å²) in [5, 5.41) is 67.3. The Morgan fingerprint density at radius 3 is 1.52 bits per heavy atom. The molecule has 0 aromatic heterocycles. The van der Waals surface area contributed by atoms with Crippen LogP contribution < -0.4 is 38.9 Å². The number of carbonyl (C=O) groups excluding carboxylic acids is 3. The summed E-state index contributed by atoms with van der Waals surface area (Å²) < 4.78 is 22.3. The summed E-state index contributed by atoms with van der Waals surface area (Å²) in [6.07, 6.45) is -0.628. The smallest absolute Gasteiger partial charge is 0.370 e. The van der Waals surface area contributed by atoms with E-state index < -0.39 is 134 Å². The van der Waals surface area contributed by atoms with Gasteiger partial charge < -0.3 is 88.5 Å². The molecule has 0 saturated carbocycles. The van der Waals surface area contributed by atoms with E-state index in [9.17, 15) is 54.6 Å². The number of nitrogens with two attached hydrogens (primary N) is 4. The van der Waals surface area contributed by atoms with Crippen molar-refractivity contribution in [3.05, 3.63) is 23.7 Å². The number of ether oxygens (including phenoxy) is 4. The van der Waals surface area contributed by atoms with Gasteiger partial charge in [0, 0.05) is 25.9 Å². The lowest BCUT2D eigenvalue weighted by molar-refractivity contribution is -0.160. The van der Waals surface area contributed by atoms with E-state index >= 15 is 0 Å². The number of nitrogens with zero attached hydrogens (tertiary/aromatic N) is 2. The average molecular weight is 860 g/mol. The number of aliphatic hydroxyl groups is 4. The molecule has 24 heteroatoms. The third kappa shape index (κ3) is 17.1. The number of guanidine groups is 2. The highest BCUT2D eigenvalue weighted by Gasteiger charge is 2.46. The van der Waals surface area contributed by atoms with Crippen molar-refractivity contribution in [1.82, 2.24) is 16.0 Å². The van der Waals surface area contributed by atoms with Crippen LogP contribution in [0.25, 0.3) is 0 Å². The monoisotopic (exact) mass is 859 g/mol. The summed E-state index contributed by atoms with van der Waals surface area (Å²) in [6, 6.07) is -3.12. The van der Waals surface area contributed by atoms with Crippen LogP contribution in [0.4, 0.5) is 0 Å². The third-order valence-corrected chi connectivity index (χ3v) is 9.43. The molecule has 3 amide bonds. The summed E-state index contributed by atoms with van der Waals surface area (Å²) in [6.45, 7) is 0.801. The minimum absolute atomic E-state index is 0.291. The first-order valence-corrected chi connectivity index (χ1v) is 19.4. The molecule has 17 N–H and O–H groups in total. The molecule has 2 aliphatic rings. The van der Waals surface area contributed by atoms with E-state index in [1.807, 2.05) is 0 Å². The Kier molecular flexibility index (Phi) is 22.1. The quantitative estimate of drug-likeness (QED) is 0.0211. The highest BCUT2D eigenvalue weighted by molar-refractivity contribution is 5.86. The van der Waals surface area contributed by atoms with Crippen LogP contribution in [0.15, 0.2) is 33.7 Å². The fourth-order valence-electron chi connectivity index (χ4n) is 6.50. The standard InChI is InChI=1S/C36H61N9O15/c1-18-20(44-35(37)38)12-24(33(53)54)59-29(18)30(22(49)14-46)57-16-26(51)41-10-8-6-4-3-5-7-9-11-42-27(52)17-58-31(23(50)15-47)32-28(43-19(2)48)21(45-36(39)40)13-25(60-32)34(55)56/h12-13,18,20-23,28-32,46-47,49-50H,3-11,14-17H2,1-2H3,(H,41,51)(H,42,52)(H,43,48)(H,53,54)(H,55,56)(H4,37,38,44)(H4,39,40,45)/t18-,20+,21+,22-,23-,28-,29-,30-,31-,32-/m1/s1. The van der Waals surface area contributed by atoms with Gasteiger partial charge in [0.1, 0.15) is 43.7 Å². The topological polar surface area (TPSA) is 409 Å². The van der Waals surface area contributed by atoms with E-state index in [4.69, 9.17) is 41.9 Å². The van der Waals surface area contributed by atoms with Gasteiger partial charge in [-0.05, 0) is 25.0 Å². The first-order chi connectivity index (χ1) is 28.4. The van der Waals surface area contributed by atoms with Crippen molar-refractivity contribution >= 4 is 41.6 Å². The second-order valence-corrected chi connectivity index (χ2v) is 14.2. The molecule has 340 valence electrons. The Morgan fingerprint density at radius 2 is 1.10 bits per heavy atom. The van der Waals surface area contributed by atoms with Crippen LogP contribution in [0.3, 0.4) is 0 Å². The van der Waals surface area contributed by atoms with Gasteiger partial charge in [-0.25, -0.2) is 19.6 Å². The number of unbranched alkanes of at least 4 members (excludes halogenated alkanes) is 6. The van der Waals surface area contributed by atoms with Crippen LogP contribution in [-0.4, -0.2) is 166 Å². The Morgan fingerprint density at radius 1 is 0.700 bits per heavy atom. The molecule has 2 rings (SSSR count). The molecule has 0 bridgehead atoms. The highest BCUT2D eigenvalue weighted by Crippen LogP contribution is 2.31. The van der Waals surface area contributed by atoms with Crippen molar-refractivity contribution in [2.45, 2.75) is 114 Å². The lowest BCUT2D eigenvalue weighted by atomic mass is 9.87. The number of amides is 3. The first kappa shape index (κ1) is 50.9. The van der Waals surface area contributed by atoms with Crippen LogP contribution in [0, 0.1) is 5.92 Å². The van der Waals surface area contributed by atoms with Crippen molar-refractivity contribution in [3.8, 4) is 0 Å². The molecule has 0 unspecified atom stereocenters. The second kappa shape index (κ2) is 26.0. The number of hydrogen-bond acceptors (Lipinski definition) is 15. The number of aliphatic imine (C=N–C) groups is 2. The molecule has 2 heterocycles. The first-order valence-electron chi connectivity index (χ1n) is 19.4. The minimum Gasteiger partial charge on any atom is -0.480 e. The van der Waals surface area contributed by atoms with Gasteiger partial charge in [0.05, 0.1) is 31.3 Å². The number of hydrogen-bond donors (Lipinski definition) is 13. The molecule has 10 atom stereocenters. The van der Waals surface area contributed by atoms with Crippen LogP contribution >= 0.6 is 0 Å². The molecule has 0 aromatic carbocycles. The minimum atomic E-state index is -1.66. The molecule has 0 saturated heterocycles. The molecular formula is C36H61N9O15. The SMILES string of the molecule is CC(=O)N[C@H]1[C@H]([C@H](OCC(=O)NCCCCCCCCCNC(=O)CO[C@@H]([C@@H]2OC(C(=O)O)=C[C@H](N=C(N)N)[C@H]2C)[C@H](O)CO)[C@H](O)CO)OC(C(=O)O)=C[C@@H]1N=C(N)N. The van der Waals surface area contributed by atoms with E-state index in [1.54, 1.807) is 6.92 Å². The largest absolute Gasteiger partial charge is 0.480 e. The maximum absolute atomic E-state index is 12.6. The number of rotatable bonds is 27. The number of aliphatic carboxylic acids is 2. The molecule has 0 spiro atoms. The average Bonchev–Trinajstić information content (AvgIpc) is 3.18. The number of carbonyl (C=O) groups is 5. The zero-order valence-corrected chi connectivity index (χ0v) is 33.7. The number of carboxylic acid groups (broad SMARTS) is 2. The van der Waals surface area contributed by atoms with Crippen LogP contribution in [0.2, 0.25) is 0 Å². The predicted molar refractivity (Wildman–Crippen MR) is 211 cm³/mol. The molecule has 60 heavy (non-hydrogen) atoms. The van der Waals surface area contributed by atoms with E-state index in [2.05, 4.69) is 25.9 Å². The van der Waals surface area contributed by atoms with Gasteiger partial charge in [-0.2, -0.15) is 0 Å². The molecule has 0 aromatic rings. The molecule has 2 aliphatic heterocycles. The van der Waals surface area contributed by atoms with Gasteiger partial charge in [0.25, 0.3) is 0 Å². The van der Waals surface area contributed by atoms with Gasteiger partial charge >= 0.3 is 11.9 Å². The molecule has 0 fully saturated rings. The van der Waals surface area contributed by atoms with Crippen molar-refractivity contribution in [2.75, 3.05) is 39.5 Å². The van der Waals surface area contributed by atoms with Crippen LogP contribution in [0.1, 0.15) is 58.8 Å². The van der Waals surface area contributed by atoms with Crippen LogP contribution in [-0.2, 0) is 42.9 Å². The molecular weight excluding hydrogens is 798 g/mol.